The van der Waals surface area contributed by atoms with Crippen LogP contribution in [0.1, 0.15) is 39.3 Å². The van der Waals surface area contributed by atoms with Crippen molar-refractivity contribution in [2.45, 2.75) is 32.0 Å². The Balaban J connectivity index is 1.43. The summed E-state index contributed by atoms with van der Waals surface area (Å²) in [6.07, 6.45) is 1.86. The first-order chi connectivity index (χ1) is 14.5. The minimum absolute atomic E-state index is 0.0553. The van der Waals surface area contributed by atoms with E-state index in [0.29, 0.717) is 42.9 Å². The molecule has 7 nitrogen and oxygen atoms in total. The van der Waals surface area contributed by atoms with Gasteiger partial charge < -0.3 is 19.5 Å². The maximum absolute atomic E-state index is 12.9. The molecule has 1 saturated heterocycles. The van der Waals surface area contributed by atoms with Gasteiger partial charge in [-0.3, -0.25) is 9.78 Å². The van der Waals surface area contributed by atoms with E-state index in [0.717, 1.165) is 5.56 Å². The number of hydrogen-bond acceptors (Lipinski definition) is 6. The third kappa shape index (κ3) is 4.03. The van der Waals surface area contributed by atoms with Crippen molar-refractivity contribution in [3.63, 3.8) is 0 Å². The van der Waals surface area contributed by atoms with Crippen molar-refractivity contribution >= 4 is 11.9 Å². The standard InChI is InChI=1S/C23H26N2O5/c1-14-5-4-8-24-21(14)22(27)25-12-16-10-19(26)20(11-17(16)13-25)30-18-7-3-6-15(9-18)23(28)29-2/h3-9,16-17,19-20,26H,10-13H2,1-2H3/t16-,17+,19+,20+/m0/s1. The molecule has 0 spiro atoms. The first-order valence-corrected chi connectivity index (χ1v) is 10.2. The molecule has 2 aromatic rings. The van der Waals surface area contributed by atoms with Gasteiger partial charge in [0.05, 0.1) is 18.8 Å². The molecule has 1 aromatic carbocycles. The van der Waals surface area contributed by atoms with Crippen LogP contribution in [0.15, 0.2) is 42.6 Å². The predicted octanol–water partition coefficient (Wildman–Crippen LogP) is 2.47. The molecule has 1 aromatic heterocycles. The first kappa shape index (κ1) is 20.3. The molecule has 4 rings (SSSR count). The monoisotopic (exact) mass is 410 g/mol. The van der Waals surface area contributed by atoms with Crippen LogP contribution in [0, 0.1) is 18.8 Å². The lowest BCUT2D eigenvalue weighted by Crippen LogP contribution is -2.42. The SMILES string of the molecule is COC(=O)c1cccc(O[C@@H]2C[C@@H]3CN(C(=O)c4ncccc4C)C[C@@H]3C[C@H]2O)c1. The smallest absolute Gasteiger partial charge is 0.337 e. The Morgan fingerprint density at radius 2 is 1.90 bits per heavy atom. The quantitative estimate of drug-likeness (QED) is 0.779. The van der Waals surface area contributed by atoms with Crippen molar-refractivity contribution in [2.75, 3.05) is 20.2 Å². The molecule has 1 N–H and O–H groups in total. The molecule has 1 aliphatic carbocycles. The summed E-state index contributed by atoms with van der Waals surface area (Å²) in [5.41, 5.74) is 1.76. The highest BCUT2D eigenvalue weighted by molar-refractivity contribution is 5.93. The molecule has 2 fully saturated rings. The first-order valence-electron chi connectivity index (χ1n) is 10.2. The molecule has 1 amide bonds. The number of rotatable bonds is 4. The van der Waals surface area contributed by atoms with Gasteiger partial charge in [0, 0.05) is 19.3 Å². The van der Waals surface area contributed by atoms with Crippen molar-refractivity contribution in [1.82, 2.24) is 9.88 Å². The van der Waals surface area contributed by atoms with Gasteiger partial charge in [-0.1, -0.05) is 12.1 Å². The van der Waals surface area contributed by atoms with Crippen molar-refractivity contribution < 1.29 is 24.2 Å². The lowest BCUT2D eigenvalue weighted by Gasteiger charge is -2.35. The number of ether oxygens (including phenoxy) is 2. The minimum atomic E-state index is -0.625. The number of pyridine rings is 1. The van der Waals surface area contributed by atoms with E-state index in [9.17, 15) is 14.7 Å². The molecule has 1 saturated carbocycles. The lowest BCUT2D eigenvalue weighted by molar-refractivity contribution is -0.0231. The van der Waals surface area contributed by atoms with Gasteiger partial charge in [0.25, 0.3) is 5.91 Å². The second-order valence-corrected chi connectivity index (χ2v) is 8.11. The Hall–Kier alpha value is -2.93. The maximum atomic E-state index is 12.9. The lowest BCUT2D eigenvalue weighted by atomic mass is 9.78. The Labute approximate surface area is 175 Å². The number of hydrogen-bond donors (Lipinski definition) is 1. The minimum Gasteiger partial charge on any atom is -0.488 e. The normalized spacial score (nSPS) is 25.5. The molecule has 0 bridgehead atoms. The highest BCUT2D eigenvalue weighted by atomic mass is 16.5. The summed E-state index contributed by atoms with van der Waals surface area (Å²) in [6.45, 7) is 3.15. The number of nitrogens with zero attached hydrogens (tertiary/aromatic N) is 2. The van der Waals surface area contributed by atoms with E-state index in [-0.39, 0.29) is 23.8 Å². The fourth-order valence-corrected chi connectivity index (χ4v) is 4.53. The molecule has 4 atom stereocenters. The zero-order chi connectivity index (χ0) is 21.3. The van der Waals surface area contributed by atoms with E-state index in [1.807, 2.05) is 24.0 Å². The summed E-state index contributed by atoms with van der Waals surface area (Å²) >= 11 is 0. The van der Waals surface area contributed by atoms with Crippen LogP contribution >= 0.6 is 0 Å². The fourth-order valence-electron chi connectivity index (χ4n) is 4.53. The Morgan fingerprint density at radius 3 is 2.63 bits per heavy atom. The number of methoxy groups -OCH3 is 1. The van der Waals surface area contributed by atoms with Gasteiger partial charge in [-0.15, -0.1) is 0 Å². The molecule has 7 heteroatoms. The third-order valence-electron chi connectivity index (χ3n) is 6.13. The van der Waals surface area contributed by atoms with Crippen molar-refractivity contribution in [2.24, 2.45) is 11.8 Å². The topological polar surface area (TPSA) is 89.0 Å². The average Bonchev–Trinajstić information content (AvgIpc) is 3.16. The molecule has 30 heavy (non-hydrogen) atoms. The summed E-state index contributed by atoms with van der Waals surface area (Å²) in [5, 5.41) is 10.7. The Kier molecular flexibility index (Phi) is 5.72. The summed E-state index contributed by atoms with van der Waals surface area (Å²) in [6, 6.07) is 10.5. The Morgan fingerprint density at radius 1 is 1.13 bits per heavy atom. The molecule has 0 radical (unpaired) electrons. The number of benzene rings is 1. The van der Waals surface area contributed by atoms with Crippen LogP contribution in [0.25, 0.3) is 0 Å². The van der Waals surface area contributed by atoms with Gasteiger partial charge in [-0.25, -0.2) is 4.79 Å². The van der Waals surface area contributed by atoms with E-state index in [2.05, 4.69) is 4.98 Å². The van der Waals surface area contributed by atoms with Gasteiger partial charge in [0.2, 0.25) is 0 Å². The van der Waals surface area contributed by atoms with Crippen molar-refractivity contribution in [3.05, 3.63) is 59.4 Å². The number of fused-ring (bicyclic) bond motifs is 1. The second-order valence-electron chi connectivity index (χ2n) is 8.11. The molecule has 158 valence electrons. The van der Waals surface area contributed by atoms with Gasteiger partial charge in [0.1, 0.15) is 17.5 Å². The molecule has 1 aliphatic heterocycles. The summed E-state index contributed by atoms with van der Waals surface area (Å²) in [4.78, 5) is 30.8. The van der Waals surface area contributed by atoms with Crippen LogP contribution < -0.4 is 4.74 Å². The molecule has 2 heterocycles. The van der Waals surface area contributed by atoms with Crippen LogP contribution in [-0.2, 0) is 4.74 Å². The molecular weight excluding hydrogens is 384 g/mol. The third-order valence-corrected chi connectivity index (χ3v) is 6.13. The van der Waals surface area contributed by atoms with E-state index in [1.54, 1.807) is 30.5 Å². The van der Waals surface area contributed by atoms with E-state index < -0.39 is 12.1 Å². The summed E-state index contributed by atoms with van der Waals surface area (Å²) in [7, 11) is 1.33. The van der Waals surface area contributed by atoms with Gasteiger partial charge in [-0.2, -0.15) is 0 Å². The number of aliphatic hydroxyl groups is 1. The number of carbonyl (C=O) groups excluding carboxylic acids is 2. The van der Waals surface area contributed by atoms with Crippen LogP contribution in [0.4, 0.5) is 0 Å². The highest BCUT2D eigenvalue weighted by Crippen LogP contribution is 2.38. The summed E-state index contributed by atoms with van der Waals surface area (Å²) in [5.74, 6) is 0.541. The zero-order valence-corrected chi connectivity index (χ0v) is 17.2. The zero-order valence-electron chi connectivity index (χ0n) is 17.2. The van der Waals surface area contributed by atoms with E-state index in [1.165, 1.54) is 7.11 Å². The molecule has 2 aliphatic rings. The van der Waals surface area contributed by atoms with Crippen LogP contribution in [0.2, 0.25) is 0 Å². The molecule has 0 unspecified atom stereocenters. The number of aromatic nitrogens is 1. The molecular formula is C23H26N2O5. The van der Waals surface area contributed by atoms with E-state index in [4.69, 9.17) is 9.47 Å². The van der Waals surface area contributed by atoms with Gasteiger partial charge >= 0.3 is 5.97 Å². The number of esters is 1. The number of aryl methyl sites for hydroxylation is 1. The van der Waals surface area contributed by atoms with E-state index >= 15 is 0 Å². The van der Waals surface area contributed by atoms with Crippen molar-refractivity contribution in [3.8, 4) is 5.75 Å². The summed E-state index contributed by atoms with van der Waals surface area (Å²) < 4.78 is 10.8. The second kappa shape index (κ2) is 8.44. The number of likely N-dealkylation sites (tertiary alicyclic amines) is 1. The number of aliphatic hydroxyl groups excluding tert-OH is 1. The fraction of sp³-hybridized carbons (Fsp3) is 0.435. The number of carbonyl (C=O) groups is 2. The number of amides is 1. The van der Waals surface area contributed by atoms with Crippen molar-refractivity contribution in [1.29, 1.82) is 0 Å². The van der Waals surface area contributed by atoms with Crippen LogP contribution in [0.3, 0.4) is 0 Å². The largest absolute Gasteiger partial charge is 0.488 e. The van der Waals surface area contributed by atoms with Gasteiger partial charge in [-0.05, 0) is 61.4 Å². The predicted molar refractivity (Wildman–Crippen MR) is 109 cm³/mol. The maximum Gasteiger partial charge on any atom is 0.337 e. The average molecular weight is 410 g/mol. The van der Waals surface area contributed by atoms with Crippen LogP contribution in [-0.4, -0.2) is 59.3 Å². The van der Waals surface area contributed by atoms with Gasteiger partial charge in [0.15, 0.2) is 0 Å². The highest BCUT2D eigenvalue weighted by Gasteiger charge is 2.44. The Bertz CT molecular complexity index is 947. The van der Waals surface area contributed by atoms with Crippen LogP contribution in [0.5, 0.6) is 5.75 Å².